The number of pyridine rings is 1. The highest BCUT2D eigenvalue weighted by Crippen LogP contribution is 2.45. The second kappa shape index (κ2) is 9.24. The fourth-order valence-electron chi connectivity index (χ4n) is 6.05. The number of aromatic nitrogens is 3. The Balaban J connectivity index is 1.57. The van der Waals surface area contributed by atoms with Crippen LogP contribution in [-0.2, 0) is 14.1 Å². The van der Waals surface area contributed by atoms with Gasteiger partial charge in [-0.05, 0) is 43.8 Å². The van der Waals surface area contributed by atoms with Gasteiger partial charge < -0.3 is 4.74 Å². The van der Waals surface area contributed by atoms with E-state index in [0.717, 1.165) is 43.8 Å². The lowest BCUT2D eigenvalue weighted by Gasteiger charge is -2.18. The van der Waals surface area contributed by atoms with Crippen molar-refractivity contribution in [3.63, 3.8) is 0 Å². The highest BCUT2D eigenvalue weighted by atomic mass is 16.5. The average Bonchev–Trinajstić information content (AvgIpc) is 3.24. The molecule has 0 spiro atoms. The summed E-state index contributed by atoms with van der Waals surface area (Å²) in [6, 6.07) is 36.3. The lowest BCUT2D eigenvalue weighted by atomic mass is 9.85. The van der Waals surface area contributed by atoms with Crippen molar-refractivity contribution in [2.45, 2.75) is 0 Å². The molecule has 0 aliphatic rings. The van der Waals surface area contributed by atoms with Crippen molar-refractivity contribution in [3.05, 3.63) is 120 Å². The van der Waals surface area contributed by atoms with Crippen molar-refractivity contribution in [2.75, 3.05) is 7.11 Å². The van der Waals surface area contributed by atoms with E-state index in [1.54, 1.807) is 30.3 Å². The zero-order chi connectivity index (χ0) is 27.4. The summed E-state index contributed by atoms with van der Waals surface area (Å²) in [6.07, 6.45) is 1.84. The Labute approximate surface area is 231 Å². The topological polar surface area (TPSA) is 49.1 Å². The molecule has 0 bridgehead atoms. The van der Waals surface area contributed by atoms with Gasteiger partial charge in [-0.25, -0.2) is 9.78 Å². The lowest BCUT2D eigenvalue weighted by Crippen LogP contribution is -2.19. The van der Waals surface area contributed by atoms with Crippen molar-refractivity contribution >= 4 is 32.6 Å². The molecule has 5 heteroatoms. The Hall–Kier alpha value is -5.16. The smallest absolute Gasteiger partial charge is 0.328 e. The molecule has 40 heavy (non-hydrogen) atoms. The number of nitrogens with zero attached hydrogens (tertiary/aromatic N) is 3. The average molecular weight is 522 g/mol. The van der Waals surface area contributed by atoms with Crippen molar-refractivity contribution < 1.29 is 4.74 Å². The van der Waals surface area contributed by atoms with E-state index in [1.807, 2.05) is 12.3 Å². The van der Waals surface area contributed by atoms with Crippen LogP contribution >= 0.6 is 0 Å². The van der Waals surface area contributed by atoms with Gasteiger partial charge in [0.15, 0.2) is 0 Å². The summed E-state index contributed by atoms with van der Waals surface area (Å²) in [5.41, 5.74) is 8.04. The van der Waals surface area contributed by atoms with Gasteiger partial charge in [0.25, 0.3) is 0 Å². The van der Waals surface area contributed by atoms with Gasteiger partial charge in [0, 0.05) is 31.4 Å². The van der Waals surface area contributed by atoms with Gasteiger partial charge >= 0.3 is 5.69 Å². The zero-order valence-corrected chi connectivity index (χ0v) is 22.6. The predicted molar refractivity (Wildman–Crippen MR) is 164 cm³/mol. The first-order valence-electron chi connectivity index (χ1n) is 13.3. The molecule has 0 saturated heterocycles. The third kappa shape index (κ3) is 3.48. The number of hydrogen-bond acceptors (Lipinski definition) is 3. The fourth-order valence-corrected chi connectivity index (χ4v) is 6.05. The second-order valence-electron chi connectivity index (χ2n) is 10.1. The van der Waals surface area contributed by atoms with Gasteiger partial charge in [0.2, 0.25) is 5.88 Å². The number of rotatable bonds is 4. The second-order valence-corrected chi connectivity index (χ2v) is 10.1. The molecule has 0 aliphatic carbocycles. The molecule has 7 aromatic rings. The monoisotopic (exact) mass is 521 g/mol. The van der Waals surface area contributed by atoms with Crippen molar-refractivity contribution in [1.82, 2.24) is 14.1 Å². The summed E-state index contributed by atoms with van der Waals surface area (Å²) < 4.78 is 8.87. The third-order valence-electron chi connectivity index (χ3n) is 7.91. The standard InChI is InChI=1S/C35H27N3O2/c1-37-32-29(21-36-34(40-3)33(32)38(2)35(37)39)31-27-15-9-7-13-25(27)30(26-14-8-10-16-28(26)31)24-19-17-23(18-20-24)22-11-5-4-6-12-22/h4-21H,1-3H3. The van der Waals surface area contributed by atoms with Crippen LogP contribution < -0.4 is 10.4 Å². The first-order valence-corrected chi connectivity index (χ1v) is 13.3. The van der Waals surface area contributed by atoms with Gasteiger partial charge in [-0.1, -0.05) is 103 Å². The SMILES string of the molecule is COc1ncc(-c2c3ccccc3c(-c3ccc(-c4ccccc4)cc3)c3ccccc23)c2c1n(C)c(=O)n2C. The maximum absolute atomic E-state index is 13.1. The summed E-state index contributed by atoms with van der Waals surface area (Å²) in [6.45, 7) is 0. The first-order chi connectivity index (χ1) is 19.6. The van der Waals surface area contributed by atoms with E-state index in [2.05, 4.69) is 102 Å². The number of aryl methyl sites for hydroxylation is 2. The third-order valence-corrected chi connectivity index (χ3v) is 7.91. The Morgan fingerprint density at radius 1 is 0.575 bits per heavy atom. The molecule has 0 atom stereocenters. The van der Waals surface area contributed by atoms with Crippen LogP contribution in [0.1, 0.15) is 0 Å². The van der Waals surface area contributed by atoms with Crippen LogP contribution in [0.4, 0.5) is 0 Å². The quantitative estimate of drug-likeness (QED) is 0.224. The van der Waals surface area contributed by atoms with Crippen LogP contribution in [0.3, 0.4) is 0 Å². The summed E-state index contributed by atoms with van der Waals surface area (Å²) >= 11 is 0. The molecule has 5 aromatic carbocycles. The van der Waals surface area contributed by atoms with Gasteiger partial charge in [0.05, 0.1) is 12.6 Å². The Morgan fingerprint density at radius 2 is 1.05 bits per heavy atom. The van der Waals surface area contributed by atoms with Crippen molar-refractivity contribution in [3.8, 4) is 39.3 Å². The molecule has 0 radical (unpaired) electrons. The molecular weight excluding hydrogens is 494 g/mol. The van der Waals surface area contributed by atoms with Crippen LogP contribution in [0.15, 0.2) is 114 Å². The predicted octanol–water partition coefficient (Wildman–Crippen LogP) is 7.59. The van der Waals surface area contributed by atoms with Crippen LogP contribution in [0.5, 0.6) is 5.88 Å². The molecule has 2 heterocycles. The Kier molecular flexibility index (Phi) is 5.53. The number of fused-ring (bicyclic) bond motifs is 3. The molecule has 5 nitrogen and oxygen atoms in total. The maximum Gasteiger partial charge on any atom is 0.328 e. The van der Waals surface area contributed by atoms with Gasteiger partial charge in [-0.2, -0.15) is 0 Å². The summed E-state index contributed by atoms with van der Waals surface area (Å²) in [5, 5.41) is 4.50. The minimum absolute atomic E-state index is 0.119. The molecular formula is C35H27N3O2. The van der Waals surface area contributed by atoms with Crippen LogP contribution in [0, 0.1) is 0 Å². The molecule has 7 rings (SSSR count). The van der Waals surface area contributed by atoms with E-state index in [-0.39, 0.29) is 5.69 Å². The van der Waals surface area contributed by atoms with E-state index < -0.39 is 0 Å². The normalized spacial score (nSPS) is 11.5. The summed E-state index contributed by atoms with van der Waals surface area (Å²) in [7, 11) is 5.15. The van der Waals surface area contributed by atoms with E-state index >= 15 is 0 Å². The molecule has 0 saturated carbocycles. The Morgan fingerprint density at radius 3 is 1.62 bits per heavy atom. The maximum atomic E-state index is 13.1. The fraction of sp³-hybridized carbons (Fsp3) is 0.0857. The molecule has 0 unspecified atom stereocenters. The first kappa shape index (κ1) is 23.9. The zero-order valence-electron chi connectivity index (χ0n) is 22.6. The van der Waals surface area contributed by atoms with Gasteiger partial charge in [-0.15, -0.1) is 0 Å². The van der Waals surface area contributed by atoms with Crippen LogP contribution in [0.2, 0.25) is 0 Å². The van der Waals surface area contributed by atoms with E-state index in [0.29, 0.717) is 11.4 Å². The molecule has 0 N–H and O–H groups in total. The van der Waals surface area contributed by atoms with E-state index in [9.17, 15) is 4.79 Å². The largest absolute Gasteiger partial charge is 0.479 e. The highest BCUT2D eigenvalue weighted by molar-refractivity contribution is 6.23. The lowest BCUT2D eigenvalue weighted by molar-refractivity contribution is 0.401. The minimum atomic E-state index is -0.119. The minimum Gasteiger partial charge on any atom is -0.479 e. The van der Waals surface area contributed by atoms with Gasteiger partial charge in [-0.3, -0.25) is 9.13 Å². The number of hydrogen-bond donors (Lipinski definition) is 0. The highest BCUT2D eigenvalue weighted by Gasteiger charge is 2.23. The van der Waals surface area contributed by atoms with E-state index in [1.165, 1.54) is 16.7 Å². The number of benzene rings is 5. The molecule has 0 aliphatic heterocycles. The number of imidazole rings is 1. The summed E-state index contributed by atoms with van der Waals surface area (Å²) in [5.74, 6) is 0.433. The summed E-state index contributed by atoms with van der Waals surface area (Å²) in [4.78, 5) is 17.7. The molecule has 0 fully saturated rings. The Bertz CT molecular complexity index is 2060. The van der Waals surface area contributed by atoms with Crippen LogP contribution in [-0.4, -0.2) is 21.2 Å². The number of methoxy groups -OCH3 is 1. The van der Waals surface area contributed by atoms with Crippen molar-refractivity contribution in [2.24, 2.45) is 14.1 Å². The van der Waals surface area contributed by atoms with Crippen molar-refractivity contribution in [1.29, 1.82) is 0 Å². The molecule has 0 amide bonds. The number of ether oxygens (including phenoxy) is 1. The molecule has 194 valence electrons. The van der Waals surface area contributed by atoms with Crippen LogP contribution in [0.25, 0.3) is 66.0 Å². The van der Waals surface area contributed by atoms with E-state index in [4.69, 9.17) is 4.74 Å². The molecule has 2 aromatic heterocycles. The van der Waals surface area contributed by atoms with Gasteiger partial charge in [0.1, 0.15) is 5.52 Å².